The average molecular weight is 361 g/mol. The molecule has 0 N–H and O–H groups in total. The smallest absolute Gasteiger partial charge is 0.487 e. The van der Waals surface area contributed by atoms with Gasteiger partial charge in [0, 0.05) is 11.0 Å². The Kier molecular flexibility index (Phi) is 5.05. The first-order valence-corrected chi connectivity index (χ1v) is 9.49. The predicted octanol–water partition coefficient (Wildman–Crippen LogP) is 3.56. The average Bonchev–Trinajstić information content (AvgIpc) is 3.08. The van der Waals surface area contributed by atoms with Crippen molar-refractivity contribution in [3.05, 3.63) is 27.3 Å². The quantitative estimate of drug-likeness (QED) is 0.335. The minimum atomic E-state index is -0.666. The second kappa shape index (κ2) is 6.85. The number of nitro benzene ring substituents is 1. The summed E-state index contributed by atoms with van der Waals surface area (Å²) in [5.41, 5.74) is 1.55. The molecule has 0 unspecified atom stereocenters. The van der Waals surface area contributed by atoms with Crippen LogP contribution in [0.4, 0.5) is 5.69 Å². The number of fused-ring (bicyclic) bond motifs is 1. The van der Waals surface area contributed by atoms with Gasteiger partial charge in [0.25, 0.3) is 0 Å². The zero-order valence-electron chi connectivity index (χ0n) is 16.4. The Morgan fingerprint density at radius 3 is 2.46 bits per heavy atom. The molecule has 1 aromatic carbocycles. The van der Waals surface area contributed by atoms with Crippen molar-refractivity contribution in [2.75, 3.05) is 6.61 Å². The van der Waals surface area contributed by atoms with Gasteiger partial charge in [-0.1, -0.05) is 19.4 Å². The normalized spacial score (nSPS) is 20.3. The maximum atomic E-state index is 11.9. The second-order valence-electron chi connectivity index (χ2n) is 8.18. The van der Waals surface area contributed by atoms with Gasteiger partial charge in [0.05, 0.1) is 22.7 Å². The summed E-state index contributed by atoms with van der Waals surface area (Å²) in [6, 6.07) is 2.00. The van der Waals surface area contributed by atoms with E-state index in [2.05, 4.69) is 6.92 Å². The number of benzene rings is 1. The first-order valence-electron chi connectivity index (χ1n) is 9.49. The van der Waals surface area contributed by atoms with E-state index in [1.165, 1.54) is 0 Å². The Bertz CT molecular complexity index is 700. The van der Waals surface area contributed by atoms with E-state index in [0.29, 0.717) is 17.8 Å². The molecule has 142 valence electrons. The summed E-state index contributed by atoms with van der Waals surface area (Å²) < 4.78 is 18.3. The molecule has 0 aromatic heterocycles. The molecule has 3 rings (SSSR count). The van der Waals surface area contributed by atoms with Gasteiger partial charge >= 0.3 is 12.8 Å². The van der Waals surface area contributed by atoms with E-state index in [-0.39, 0.29) is 10.6 Å². The molecule has 0 amide bonds. The van der Waals surface area contributed by atoms with E-state index in [1.54, 1.807) is 0 Å². The van der Waals surface area contributed by atoms with Crippen LogP contribution in [-0.4, -0.2) is 29.9 Å². The first kappa shape index (κ1) is 19.2. The maximum absolute atomic E-state index is 11.9. The Labute approximate surface area is 155 Å². The molecule has 0 atom stereocenters. The summed E-state index contributed by atoms with van der Waals surface area (Å²) in [4.78, 5) is 11.6. The van der Waals surface area contributed by atoms with E-state index in [0.717, 1.165) is 43.2 Å². The van der Waals surface area contributed by atoms with Crippen LogP contribution in [0.25, 0.3) is 0 Å². The Morgan fingerprint density at radius 2 is 1.88 bits per heavy atom. The molecule has 0 bridgehead atoms. The number of hydrogen-bond donors (Lipinski definition) is 0. The van der Waals surface area contributed by atoms with Crippen LogP contribution >= 0.6 is 0 Å². The molecule has 1 heterocycles. The fraction of sp³-hybridized carbons (Fsp3) is 0.684. The van der Waals surface area contributed by atoms with Gasteiger partial charge in [0.2, 0.25) is 0 Å². The lowest BCUT2D eigenvalue weighted by atomic mass is 9.76. The standard InChI is InChI=1S/C19H28BNO5/c1-6-7-11-24-17-15(20-25-18(2,3)19(4,5)26-20)12-13-9-8-10-14(13)16(17)21(22)23/h12H,6-11H2,1-5H3. The molecule has 1 aromatic rings. The molecule has 6 nitrogen and oxygen atoms in total. The number of nitro groups is 1. The molecule has 2 aliphatic rings. The minimum Gasteiger partial charge on any atom is -0.487 e. The van der Waals surface area contributed by atoms with Gasteiger partial charge in [-0.2, -0.15) is 0 Å². The first-order chi connectivity index (χ1) is 12.2. The van der Waals surface area contributed by atoms with Gasteiger partial charge in [0.1, 0.15) is 0 Å². The molecular weight excluding hydrogens is 333 g/mol. The minimum absolute atomic E-state index is 0.0980. The second-order valence-corrected chi connectivity index (χ2v) is 8.18. The van der Waals surface area contributed by atoms with E-state index >= 15 is 0 Å². The number of rotatable bonds is 6. The molecule has 26 heavy (non-hydrogen) atoms. The third-order valence-corrected chi connectivity index (χ3v) is 5.79. The fourth-order valence-corrected chi connectivity index (χ4v) is 3.53. The van der Waals surface area contributed by atoms with Crippen LogP contribution in [0.2, 0.25) is 0 Å². The summed E-state index contributed by atoms with van der Waals surface area (Å²) in [5.74, 6) is 0.322. The number of aryl methyl sites for hydroxylation is 1. The van der Waals surface area contributed by atoms with Crippen molar-refractivity contribution < 1.29 is 19.0 Å². The SMILES string of the molecule is CCCCOc1c(B2OC(C)(C)C(C)(C)O2)cc2c(c1[N+](=O)[O-])CCC2. The van der Waals surface area contributed by atoms with Crippen molar-refractivity contribution in [3.63, 3.8) is 0 Å². The van der Waals surface area contributed by atoms with E-state index in [4.69, 9.17) is 14.0 Å². The third kappa shape index (κ3) is 3.23. The van der Waals surface area contributed by atoms with Gasteiger partial charge in [-0.3, -0.25) is 10.1 Å². The molecule has 7 heteroatoms. The highest BCUT2D eigenvalue weighted by atomic mass is 16.7. The van der Waals surface area contributed by atoms with Gasteiger partial charge in [-0.25, -0.2) is 0 Å². The van der Waals surface area contributed by atoms with Gasteiger partial charge in [-0.15, -0.1) is 0 Å². The molecule has 0 spiro atoms. The largest absolute Gasteiger partial charge is 0.498 e. The van der Waals surface area contributed by atoms with E-state index in [9.17, 15) is 10.1 Å². The van der Waals surface area contributed by atoms with Crippen LogP contribution in [0.15, 0.2) is 6.07 Å². The van der Waals surface area contributed by atoms with E-state index < -0.39 is 18.3 Å². The summed E-state index contributed by atoms with van der Waals surface area (Å²) >= 11 is 0. The van der Waals surface area contributed by atoms with Crippen molar-refractivity contribution >= 4 is 18.3 Å². The van der Waals surface area contributed by atoms with E-state index in [1.807, 2.05) is 33.8 Å². The van der Waals surface area contributed by atoms with Gasteiger partial charge < -0.3 is 14.0 Å². The number of ether oxygens (including phenoxy) is 1. The molecule has 0 saturated carbocycles. The summed E-state index contributed by atoms with van der Waals surface area (Å²) in [5, 5.41) is 11.9. The van der Waals surface area contributed by atoms with Crippen LogP contribution in [-0.2, 0) is 22.2 Å². The van der Waals surface area contributed by atoms with Crippen molar-refractivity contribution in [1.82, 2.24) is 0 Å². The lowest BCUT2D eigenvalue weighted by Gasteiger charge is -2.32. The summed E-state index contributed by atoms with van der Waals surface area (Å²) in [6.07, 6.45) is 4.30. The highest BCUT2D eigenvalue weighted by molar-refractivity contribution is 6.63. The Balaban J connectivity index is 2.09. The van der Waals surface area contributed by atoms with Crippen LogP contribution in [0.5, 0.6) is 5.75 Å². The zero-order valence-corrected chi connectivity index (χ0v) is 16.4. The molecule has 0 radical (unpaired) electrons. The van der Waals surface area contributed by atoms with Gasteiger partial charge in [-0.05, 0) is 58.9 Å². The molecule has 1 aliphatic heterocycles. The van der Waals surface area contributed by atoms with Crippen molar-refractivity contribution in [2.24, 2.45) is 0 Å². The summed E-state index contributed by atoms with van der Waals surface area (Å²) in [7, 11) is -0.666. The maximum Gasteiger partial charge on any atom is 0.498 e. The van der Waals surface area contributed by atoms with Crippen LogP contribution in [0.3, 0.4) is 0 Å². The highest BCUT2D eigenvalue weighted by Gasteiger charge is 2.53. The van der Waals surface area contributed by atoms with Crippen molar-refractivity contribution in [2.45, 2.75) is 77.9 Å². The van der Waals surface area contributed by atoms with Crippen LogP contribution < -0.4 is 10.2 Å². The fourth-order valence-electron chi connectivity index (χ4n) is 3.53. The third-order valence-electron chi connectivity index (χ3n) is 5.79. The predicted molar refractivity (Wildman–Crippen MR) is 101 cm³/mol. The molecular formula is C19H28BNO5. The number of nitrogens with zero attached hydrogens (tertiary/aromatic N) is 1. The topological polar surface area (TPSA) is 70.8 Å². The highest BCUT2D eigenvalue weighted by Crippen LogP contribution is 2.41. The molecule has 1 aliphatic carbocycles. The van der Waals surface area contributed by atoms with Crippen molar-refractivity contribution in [3.8, 4) is 5.75 Å². The summed E-state index contributed by atoms with van der Waals surface area (Å²) in [6.45, 7) is 10.4. The Morgan fingerprint density at radius 1 is 1.23 bits per heavy atom. The van der Waals surface area contributed by atoms with Crippen LogP contribution in [0, 0.1) is 10.1 Å². The number of hydrogen-bond acceptors (Lipinski definition) is 5. The lowest BCUT2D eigenvalue weighted by Crippen LogP contribution is -2.41. The van der Waals surface area contributed by atoms with Crippen LogP contribution in [0.1, 0.15) is 65.0 Å². The van der Waals surface area contributed by atoms with Crippen molar-refractivity contribution in [1.29, 1.82) is 0 Å². The number of unbranched alkanes of at least 4 members (excludes halogenated alkanes) is 1. The monoisotopic (exact) mass is 361 g/mol. The molecule has 1 saturated heterocycles. The zero-order chi connectivity index (χ0) is 19.1. The lowest BCUT2D eigenvalue weighted by molar-refractivity contribution is -0.386. The molecule has 1 fully saturated rings. The van der Waals surface area contributed by atoms with Gasteiger partial charge in [0.15, 0.2) is 5.75 Å². The Hall–Kier alpha value is -1.60.